The van der Waals surface area contributed by atoms with Crippen molar-refractivity contribution in [2.45, 2.75) is 24.0 Å². The summed E-state index contributed by atoms with van der Waals surface area (Å²) in [6.07, 6.45) is 6.74. The number of aromatic nitrogens is 2. The maximum Gasteiger partial charge on any atom is 0.219 e. The van der Waals surface area contributed by atoms with Crippen molar-refractivity contribution < 1.29 is 8.42 Å². The highest BCUT2D eigenvalue weighted by Crippen LogP contribution is 2.28. The van der Waals surface area contributed by atoms with E-state index in [4.69, 9.17) is 0 Å². The van der Waals surface area contributed by atoms with Crippen molar-refractivity contribution in [2.24, 2.45) is 0 Å². The fourth-order valence-corrected chi connectivity index (χ4v) is 4.52. The van der Waals surface area contributed by atoms with Gasteiger partial charge in [0.15, 0.2) is 0 Å². The van der Waals surface area contributed by atoms with Gasteiger partial charge in [-0.1, -0.05) is 0 Å². The Labute approximate surface area is 118 Å². The van der Waals surface area contributed by atoms with Gasteiger partial charge < -0.3 is 0 Å². The molecule has 7 nitrogen and oxygen atoms in total. The Kier molecular flexibility index (Phi) is 3.97. The molecule has 110 valence electrons. The first kappa shape index (κ1) is 13.9. The molecule has 20 heavy (non-hydrogen) atoms. The topological polar surface area (TPSA) is 87.2 Å². The smallest absolute Gasteiger partial charge is 0.219 e. The minimum atomic E-state index is -3.20. The molecule has 2 aliphatic rings. The van der Waals surface area contributed by atoms with Crippen molar-refractivity contribution in [3.05, 3.63) is 24.3 Å². The standard InChI is InChI=1S/C12H19N5O2S/c18-20(19,11-7-15-16-8-11)17-5-1-10(2-6-17)12-9-13-3-4-14-12/h3-4,9-11,15-16H,1-2,5-8H2. The monoisotopic (exact) mass is 297 g/mol. The summed E-state index contributed by atoms with van der Waals surface area (Å²) < 4.78 is 26.5. The van der Waals surface area contributed by atoms with Crippen LogP contribution in [0.5, 0.6) is 0 Å². The number of hydrogen-bond donors (Lipinski definition) is 2. The molecular weight excluding hydrogens is 278 g/mol. The van der Waals surface area contributed by atoms with Crippen LogP contribution in [0.3, 0.4) is 0 Å². The van der Waals surface area contributed by atoms with Crippen molar-refractivity contribution in [2.75, 3.05) is 26.2 Å². The summed E-state index contributed by atoms with van der Waals surface area (Å²) in [5, 5.41) is -0.351. The van der Waals surface area contributed by atoms with E-state index in [1.165, 1.54) is 0 Å². The van der Waals surface area contributed by atoms with Crippen LogP contribution in [0.2, 0.25) is 0 Å². The van der Waals surface area contributed by atoms with E-state index in [0.717, 1.165) is 18.5 Å². The Balaban J connectivity index is 1.64. The Hall–Kier alpha value is -1.09. The SMILES string of the molecule is O=S(=O)(C1CNNC1)N1CCC(c2cnccn2)CC1. The van der Waals surface area contributed by atoms with Crippen molar-refractivity contribution in [1.82, 2.24) is 25.1 Å². The van der Waals surface area contributed by atoms with Crippen molar-refractivity contribution in [1.29, 1.82) is 0 Å². The van der Waals surface area contributed by atoms with Crippen LogP contribution < -0.4 is 10.9 Å². The highest BCUT2D eigenvalue weighted by atomic mass is 32.2. The zero-order chi connectivity index (χ0) is 14.0. The quantitative estimate of drug-likeness (QED) is 0.779. The zero-order valence-corrected chi connectivity index (χ0v) is 12.0. The molecule has 0 amide bonds. The largest absolute Gasteiger partial charge is 0.261 e. The number of nitrogens with zero attached hydrogens (tertiary/aromatic N) is 3. The molecule has 3 rings (SSSR count). The van der Waals surface area contributed by atoms with Gasteiger partial charge in [-0.25, -0.2) is 12.7 Å². The van der Waals surface area contributed by atoms with Gasteiger partial charge in [0.1, 0.15) is 5.25 Å². The molecule has 2 saturated heterocycles. The molecule has 0 unspecified atom stereocenters. The number of piperidine rings is 1. The lowest BCUT2D eigenvalue weighted by atomic mass is 9.95. The minimum absolute atomic E-state index is 0.315. The highest BCUT2D eigenvalue weighted by molar-refractivity contribution is 7.89. The van der Waals surface area contributed by atoms with Gasteiger partial charge in [-0.15, -0.1) is 0 Å². The number of rotatable bonds is 3. The predicted octanol–water partition coefficient (Wildman–Crippen LogP) is -0.538. The van der Waals surface area contributed by atoms with Crippen LogP contribution in [0, 0.1) is 0 Å². The summed E-state index contributed by atoms with van der Waals surface area (Å²) in [5.74, 6) is 0.315. The first-order chi connectivity index (χ1) is 9.68. The number of sulfonamides is 1. The third kappa shape index (κ3) is 2.69. The van der Waals surface area contributed by atoms with Crippen molar-refractivity contribution >= 4 is 10.0 Å². The van der Waals surface area contributed by atoms with E-state index in [1.54, 1.807) is 22.9 Å². The van der Waals surface area contributed by atoms with E-state index in [9.17, 15) is 8.42 Å². The minimum Gasteiger partial charge on any atom is -0.261 e. The van der Waals surface area contributed by atoms with Crippen molar-refractivity contribution in [3.8, 4) is 0 Å². The van der Waals surface area contributed by atoms with Crippen LogP contribution in [0.4, 0.5) is 0 Å². The Bertz CT molecular complexity index is 536. The maximum atomic E-state index is 12.4. The van der Waals surface area contributed by atoms with E-state index in [2.05, 4.69) is 20.8 Å². The predicted molar refractivity (Wildman–Crippen MR) is 74.3 cm³/mol. The van der Waals surface area contributed by atoms with E-state index in [1.807, 2.05) is 0 Å². The highest BCUT2D eigenvalue weighted by Gasteiger charge is 2.36. The molecule has 0 aromatic carbocycles. The molecule has 1 aromatic heterocycles. The van der Waals surface area contributed by atoms with Gasteiger partial charge in [-0.05, 0) is 12.8 Å². The molecule has 2 fully saturated rings. The van der Waals surface area contributed by atoms with Gasteiger partial charge in [0.05, 0.1) is 5.69 Å². The van der Waals surface area contributed by atoms with E-state index in [0.29, 0.717) is 32.1 Å². The van der Waals surface area contributed by atoms with Crippen LogP contribution >= 0.6 is 0 Å². The van der Waals surface area contributed by atoms with Gasteiger partial charge in [-0.2, -0.15) is 0 Å². The maximum absolute atomic E-state index is 12.4. The summed E-state index contributed by atoms with van der Waals surface area (Å²) in [4.78, 5) is 8.40. The van der Waals surface area contributed by atoms with Crippen LogP contribution in [-0.2, 0) is 10.0 Å². The molecular formula is C12H19N5O2S. The zero-order valence-electron chi connectivity index (χ0n) is 11.2. The molecule has 2 aliphatic heterocycles. The second-order valence-corrected chi connectivity index (χ2v) is 7.45. The molecule has 0 radical (unpaired) electrons. The van der Waals surface area contributed by atoms with Crippen LogP contribution in [0.25, 0.3) is 0 Å². The molecule has 1 aromatic rings. The second kappa shape index (κ2) is 5.72. The van der Waals surface area contributed by atoms with Gasteiger partial charge in [0, 0.05) is 50.7 Å². The average molecular weight is 297 g/mol. The lowest BCUT2D eigenvalue weighted by Crippen LogP contribution is -2.44. The van der Waals surface area contributed by atoms with Gasteiger partial charge in [-0.3, -0.25) is 20.8 Å². The summed E-state index contributed by atoms with van der Waals surface area (Å²) in [7, 11) is -3.20. The number of hydrazine groups is 1. The van der Waals surface area contributed by atoms with E-state index < -0.39 is 10.0 Å². The molecule has 0 spiro atoms. The van der Waals surface area contributed by atoms with Crippen LogP contribution in [-0.4, -0.2) is 54.1 Å². The normalized spacial score (nSPS) is 23.2. The molecule has 3 heterocycles. The van der Waals surface area contributed by atoms with Crippen molar-refractivity contribution in [3.63, 3.8) is 0 Å². The Morgan fingerprint density at radius 1 is 1.15 bits per heavy atom. The molecule has 0 aliphatic carbocycles. The van der Waals surface area contributed by atoms with E-state index >= 15 is 0 Å². The lowest BCUT2D eigenvalue weighted by molar-refractivity contribution is 0.314. The van der Waals surface area contributed by atoms with Gasteiger partial charge in [0.25, 0.3) is 0 Å². The molecule has 0 atom stereocenters. The summed E-state index contributed by atoms with van der Waals surface area (Å²) in [6.45, 7) is 2.10. The third-order valence-corrected chi connectivity index (χ3v) is 6.28. The first-order valence-electron chi connectivity index (χ1n) is 6.88. The van der Waals surface area contributed by atoms with E-state index in [-0.39, 0.29) is 5.25 Å². The molecule has 0 bridgehead atoms. The lowest BCUT2D eigenvalue weighted by Gasteiger charge is -2.32. The first-order valence-corrected chi connectivity index (χ1v) is 8.39. The van der Waals surface area contributed by atoms with Crippen LogP contribution in [0.1, 0.15) is 24.5 Å². The summed E-state index contributed by atoms with van der Waals surface area (Å²) >= 11 is 0. The second-order valence-electron chi connectivity index (χ2n) is 5.23. The fourth-order valence-electron chi connectivity index (χ4n) is 2.79. The third-order valence-electron chi connectivity index (χ3n) is 4.02. The van der Waals surface area contributed by atoms with Gasteiger partial charge in [0.2, 0.25) is 10.0 Å². The molecule has 8 heteroatoms. The fraction of sp³-hybridized carbons (Fsp3) is 0.667. The molecule has 0 saturated carbocycles. The Morgan fingerprint density at radius 3 is 2.45 bits per heavy atom. The van der Waals surface area contributed by atoms with Gasteiger partial charge >= 0.3 is 0 Å². The summed E-state index contributed by atoms with van der Waals surface area (Å²) in [5.41, 5.74) is 6.72. The Morgan fingerprint density at radius 2 is 1.85 bits per heavy atom. The number of nitrogens with one attached hydrogen (secondary N) is 2. The number of hydrogen-bond acceptors (Lipinski definition) is 6. The summed E-state index contributed by atoms with van der Waals surface area (Å²) in [6, 6.07) is 0. The average Bonchev–Trinajstić information content (AvgIpc) is 3.03. The van der Waals surface area contributed by atoms with Crippen LogP contribution in [0.15, 0.2) is 18.6 Å². The molecule has 2 N–H and O–H groups in total.